The summed E-state index contributed by atoms with van der Waals surface area (Å²) < 4.78 is 0. The summed E-state index contributed by atoms with van der Waals surface area (Å²) in [5.41, 5.74) is 0. The first-order valence-electron chi connectivity index (χ1n) is 14.9. The number of hydrogen-bond acceptors (Lipinski definition) is 0. The molecule has 0 aromatic rings. The molecule has 0 atom stereocenters. The molecule has 0 unspecified atom stereocenters. The van der Waals surface area contributed by atoms with E-state index in [1.807, 2.05) is 0 Å². The van der Waals surface area contributed by atoms with Gasteiger partial charge >= 0.3 is 0 Å². The van der Waals surface area contributed by atoms with Gasteiger partial charge in [0.2, 0.25) is 0 Å². The standard InChI is InChI=1S/C31H56/c1-3-5-7-11-28-18-22-30(23-19-28)31-24-20-29(21-25-31)13-9-8-12-27-16-14-26(15-17-27)10-6-4-2/h4,26-31H,2-3,5-25H2,1H3/t26-,27-,28-,29?,30-,31?. The maximum absolute atomic E-state index is 3.89. The van der Waals surface area contributed by atoms with Crippen molar-refractivity contribution in [1.82, 2.24) is 0 Å². The van der Waals surface area contributed by atoms with E-state index in [9.17, 15) is 0 Å². The third-order valence-electron chi connectivity index (χ3n) is 9.89. The van der Waals surface area contributed by atoms with E-state index in [1.165, 1.54) is 83.5 Å². The molecule has 0 saturated heterocycles. The van der Waals surface area contributed by atoms with Crippen molar-refractivity contribution in [3.05, 3.63) is 12.7 Å². The first-order chi connectivity index (χ1) is 15.3. The van der Waals surface area contributed by atoms with Gasteiger partial charge in [-0.15, -0.1) is 6.58 Å². The van der Waals surface area contributed by atoms with Crippen molar-refractivity contribution in [1.29, 1.82) is 0 Å². The van der Waals surface area contributed by atoms with Crippen LogP contribution in [0.25, 0.3) is 0 Å². The van der Waals surface area contributed by atoms with Crippen LogP contribution in [-0.2, 0) is 0 Å². The van der Waals surface area contributed by atoms with Crippen LogP contribution in [-0.4, -0.2) is 0 Å². The second-order valence-electron chi connectivity index (χ2n) is 12.1. The summed E-state index contributed by atoms with van der Waals surface area (Å²) in [4.78, 5) is 0. The molecule has 0 heterocycles. The fraction of sp³-hybridized carbons (Fsp3) is 0.935. The molecule has 3 aliphatic carbocycles. The molecular weight excluding hydrogens is 372 g/mol. The molecule has 3 saturated carbocycles. The van der Waals surface area contributed by atoms with E-state index in [1.54, 1.807) is 57.8 Å². The summed E-state index contributed by atoms with van der Waals surface area (Å²) in [5, 5.41) is 0. The van der Waals surface area contributed by atoms with Gasteiger partial charge in [0, 0.05) is 0 Å². The van der Waals surface area contributed by atoms with Gasteiger partial charge in [0.1, 0.15) is 0 Å². The Morgan fingerprint density at radius 3 is 1.26 bits per heavy atom. The second kappa shape index (κ2) is 14.8. The van der Waals surface area contributed by atoms with Gasteiger partial charge < -0.3 is 0 Å². The minimum Gasteiger partial charge on any atom is -0.103 e. The molecule has 0 bridgehead atoms. The van der Waals surface area contributed by atoms with Gasteiger partial charge in [0.15, 0.2) is 0 Å². The summed E-state index contributed by atoms with van der Waals surface area (Å²) in [5.74, 6) is 6.44. The molecule has 3 rings (SSSR count). The Labute approximate surface area is 196 Å². The van der Waals surface area contributed by atoms with Gasteiger partial charge in [-0.25, -0.2) is 0 Å². The number of hydrogen-bond donors (Lipinski definition) is 0. The van der Waals surface area contributed by atoms with Crippen molar-refractivity contribution in [2.24, 2.45) is 35.5 Å². The van der Waals surface area contributed by atoms with Crippen LogP contribution in [0.2, 0.25) is 0 Å². The zero-order valence-electron chi connectivity index (χ0n) is 21.3. The smallest absolute Gasteiger partial charge is 0.0351 e. The van der Waals surface area contributed by atoms with Crippen molar-refractivity contribution >= 4 is 0 Å². The third-order valence-corrected chi connectivity index (χ3v) is 9.89. The van der Waals surface area contributed by atoms with Gasteiger partial charge in [-0.2, -0.15) is 0 Å². The molecule has 0 nitrogen and oxygen atoms in total. The monoisotopic (exact) mass is 428 g/mol. The molecule has 3 fully saturated rings. The molecule has 0 aromatic carbocycles. The van der Waals surface area contributed by atoms with Crippen LogP contribution in [0.3, 0.4) is 0 Å². The fourth-order valence-corrected chi connectivity index (χ4v) is 7.61. The van der Waals surface area contributed by atoms with E-state index in [-0.39, 0.29) is 0 Å². The lowest BCUT2D eigenvalue weighted by atomic mass is 9.68. The molecule has 3 aliphatic rings. The van der Waals surface area contributed by atoms with E-state index in [4.69, 9.17) is 0 Å². The number of rotatable bonds is 13. The number of allylic oxidation sites excluding steroid dienone is 1. The summed E-state index contributed by atoms with van der Waals surface area (Å²) in [7, 11) is 0. The molecular formula is C31H56. The first kappa shape index (κ1) is 25.4. The van der Waals surface area contributed by atoms with Crippen LogP contribution >= 0.6 is 0 Å². The first-order valence-corrected chi connectivity index (χ1v) is 14.9. The predicted molar refractivity (Wildman–Crippen MR) is 138 cm³/mol. The minimum absolute atomic E-state index is 1.01. The molecule has 0 N–H and O–H groups in total. The largest absolute Gasteiger partial charge is 0.103 e. The average molecular weight is 429 g/mol. The summed E-state index contributed by atoms with van der Waals surface area (Å²) >= 11 is 0. The lowest BCUT2D eigenvalue weighted by Gasteiger charge is -2.38. The van der Waals surface area contributed by atoms with E-state index in [0.29, 0.717) is 0 Å². The highest BCUT2D eigenvalue weighted by Gasteiger charge is 2.30. The average Bonchev–Trinajstić information content (AvgIpc) is 2.82. The maximum atomic E-state index is 3.89. The highest BCUT2D eigenvalue weighted by Crippen LogP contribution is 2.43. The Balaban J connectivity index is 1.19. The molecule has 0 radical (unpaired) electrons. The van der Waals surface area contributed by atoms with E-state index >= 15 is 0 Å². The molecule has 31 heavy (non-hydrogen) atoms. The zero-order chi connectivity index (χ0) is 21.7. The maximum Gasteiger partial charge on any atom is -0.0351 e. The van der Waals surface area contributed by atoms with Crippen molar-refractivity contribution in [2.45, 2.75) is 148 Å². The molecule has 180 valence electrons. The molecule has 0 amide bonds. The predicted octanol–water partition coefficient (Wildman–Crippen LogP) is 10.5. The van der Waals surface area contributed by atoms with Crippen molar-refractivity contribution in [2.75, 3.05) is 0 Å². The van der Waals surface area contributed by atoms with Gasteiger partial charge in [-0.1, -0.05) is 116 Å². The Bertz CT molecular complexity index is 441. The SMILES string of the molecule is C=CCC[C@H]1CC[C@H](CCCCC2CCC([C@H]3CC[C@H](CCCCC)CC3)CC2)CC1. The van der Waals surface area contributed by atoms with Gasteiger partial charge in [-0.05, 0) is 74.0 Å². The highest BCUT2D eigenvalue weighted by atomic mass is 14.4. The lowest BCUT2D eigenvalue weighted by molar-refractivity contribution is 0.139. The molecule has 0 aliphatic heterocycles. The van der Waals surface area contributed by atoms with Crippen molar-refractivity contribution in [3.63, 3.8) is 0 Å². The summed E-state index contributed by atoms with van der Waals surface area (Å²) in [6.45, 7) is 6.23. The quantitative estimate of drug-likeness (QED) is 0.202. The van der Waals surface area contributed by atoms with Crippen molar-refractivity contribution in [3.8, 4) is 0 Å². The van der Waals surface area contributed by atoms with E-state index in [2.05, 4.69) is 19.6 Å². The van der Waals surface area contributed by atoms with Crippen molar-refractivity contribution < 1.29 is 0 Å². The van der Waals surface area contributed by atoms with Crippen LogP contribution in [0, 0.1) is 35.5 Å². The van der Waals surface area contributed by atoms with Crippen LogP contribution in [0.5, 0.6) is 0 Å². The summed E-state index contributed by atoms with van der Waals surface area (Å²) in [6, 6.07) is 0. The Hall–Kier alpha value is -0.260. The Morgan fingerprint density at radius 2 is 0.871 bits per heavy atom. The molecule has 0 spiro atoms. The van der Waals surface area contributed by atoms with Crippen LogP contribution in [0.1, 0.15) is 148 Å². The minimum atomic E-state index is 1.01. The normalized spacial score (nSPS) is 34.5. The van der Waals surface area contributed by atoms with Gasteiger partial charge in [0.25, 0.3) is 0 Å². The van der Waals surface area contributed by atoms with Gasteiger partial charge in [-0.3, -0.25) is 0 Å². The van der Waals surface area contributed by atoms with Gasteiger partial charge in [0.05, 0.1) is 0 Å². The summed E-state index contributed by atoms with van der Waals surface area (Å²) in [6.07, 6.45) is 35.3. The Kier molecular flexibility index (Phi) is 12.1. The zero-order valence-corrected chi connectivity index (χ0v) is 21.3. The lowest BCUT2D eigenvalue weighted by Crippen LogP contribution is -2.26. The molecule has 0 aromatic heterocycles. The van der Waals surface area contributed by atoms with Crippen LogP contribution < -0.4 is 0 Å². The van der Waals surface area contributed by atoms with Crippen LogP contribution in [0.15, 0.2) is 12.7 Å². The third kappa shape index (κ3) is 9.25. The Morgan fingerprint density at radius 1 is 0.516 bits per heavy atom. The van der Waals surface area contributed by atoms with Crippen LogP contribution in [0.4, 0.5) is 0 Å². The fourth-order valence-electron chi connectivity index (χ4n) is 7.61. The second-order valence-corrected chi connectivity index (χ2v) is 12.1. The molecule has 0 heteroatoms. The highest BCUT2D eigenvalue weighted by molar-refractivity contribution is 4.82. The number of unbranched alkanes of at least 4 members (excludes halogenated alkanes) is 3. The topological polar surface area (TPSA) is 0 Å². The van der Waals surface area contributed by atoms with E-state index in [0.717, 1.165) is 35.5 Å². The van der Waals surface area contributed by atoms with E-state index < -0.39 is 0 Å².